The van der Waals surface area contributed by atoms with Gasteiger partial charge in [0.1, 0.15) is 0 Å². The van der Waals surface area contributed by atoms with Crippen molar-refractivity contribution in [2.24, 2.45) is 5.73 Å². The molecule has 3 heteroatoms. The van der Waals surface area contributed by atoms with Gasteiger partial charge in [-0.2, -0.15) is 0 Å². The van der Waals surface area contributed by atoms with E-state index in [2.05, 4.69) is 25.8 Å². The van der Waals surface area contributed by atoms with Crippen molar-refractivity contribution in [2.45, 2.75) is 45.2 Å². The molecule has 0 aliphatic rings. The molecule has 0 radical (unpaired) electrons. The fraction of sp³-hybridized carbons (Fsp3) is 1.00. The monoisotopic (exact) mass is 188 g/mol. The van der Waals surface area contributed by atoms with Gasteiger partial charge in [0.2, 0.25) is 0 Å². The Morgan fingerprint density at radius 2 is 2.00 bits per heavy atom. The Kier molecular flexibility index (Phi) is 5.53. The van der Waals surface area contributed by atoms with Crippen molar-refractivity contribution in [3.63, 3.8) is 0 Å². The van der Waals surface area contributed by atoms with Gasteiger partial charge in [0.15, 0.2) is 0 Å². The maximum Gasteiger partial charge on any atom is 0.0608 e. The van der Waals surface area contributed by atoms with Gasteiger partial charge in [-0.15, -0.1) is 0 Å². The fourth-order valence-corrected chi connectivity index (χ4v) is 1.07. The first-order valence-corrected chi connectivity index (χ1v) is 4.99. The molecule has 0 heterocycles. The average Bonchev–Trinajstić information content (AvgIpc) is 2.04. The summed E-state index contributed by atoms with van der Waals surface area (Å²) in [5, 5.41) is 8.93. The highest BCUT2D eigenvalue weighted by Gasteiger charge is 2.16. The molecule has 0 aromatic carbocycles. The first kappa shape index (κ1) is 12.9. The summed E-state index contributed by atoms with van der Waals surface area (Å²) in [5.74, 6) is 0. The summed E-state index contributed by atoms with van der Waals surface area (Å²) in [6.07, 6.45) is 1.92. The van der Waals surface area contributed by atoms with E-state index in [0.29, 0.717) is 6.04 Å². The summed E-state index contributed by atoms with van der Waals surface area (Å²) in [7, 11) is 2.11. The standard InChI is InChI=1S/C10H24N2O/c1-9(2)12(4)7-5-6-10(3,11)8-13/h9,13H,5-8,11H2,1-4H3. The van der Waals surface area contributed by atoms with E-state index in [1.165, 1.54) is 0 Å². The summed E-state index contributed by atoms with van der Waals surface area (Å²) < 4.78 is 0. The molecule has 0 spiro atoms. The molecule has 0 aromatic rings. The van der Waals surface area contributed by atoms with Crippen LogP contribution in [0.4, 0.5) is 0 Å². The minimum atomic E-state index is -0.405. The summed E-state index contributed by atoms with van der Waals surface area (Å²) in [6, 6.07) is 0.582. The Balaban J connectivity index is 3.56. The highest BCUT2D eigenvalue weighted by molar-refractivity contribution is 4.77. The number of nitrogens with two attached hydrogens (primary N) is 1. The third-order valence-electron chi connectivity index (χ3n) is 2.50. The Morgan fingerprint density at radius 3 is 2.38 bits per heavy atom. The lowest BCUT2D eigenvalue weighted by molar-refractivity contribution is 0.187. The molecule has 1 atom stereocenters. The van der Waals surface area contributed by atoms with Gasteiger partial charge >= 0.3 is 0 Å². The predicted octanol–water partition coefficient (Wildman–Crippen LogP) is 0.817. The Hall–Kier alpha value is -0.120. The second-order valence-electron chi connectivity index (χ2n) is 4.49. The van der Waals surface area contributed by atoms with Crippen LogP contribution in [-0.2, 0) is 0 Å². The van der Waals surface area contributed by atoms with Gasteiger partial charge < -0.3 is 15.7 Å². The SMILES string of the molecule is CC(C)N(C)CCCC(C)(N)CO. The van der Waals surface area contributed by atoms with Gasteiger partial charge in [-0.25, -0.2) is 0 Å². The van der Waals surface area contributed by atoms with Crippen LogP contribution in [0.2, 0.25) is 0 Å². The van der Waals surface area contributed by atoms with Crippen LogP contribution in [0.1, 0.15) is 33.6 Å². The van der Waals surface area contributed by atoms with Crippen LogP contribution in [0.25, 0.3) is 0 Å². The molecule has 0 aliphatic carbocycles. The number of rotatable bonds is 6. The van der Waals surface area contributed by atoms with E-state index in [1.807, 2.05) is 6.92 Å². The summed E-state index contributed by atoms with van der Waals surface area (Å²) in [4.78, 5) is 2.29. The van der Waals surface area contributed by atoms with Gasteiger partial charge in [0, 0.05) is 11.6 Å². The van der Waals surface area contributed by atoms with Crippen molar-refractivity contribution in [2.75, 3.05) is 20.2 Å². The lowest BCUT2D eigenvalue weighted by atomic mass is 9.98. The van der Waals surface area contributed by atoms with Crippen molar-refractivity contribution in [1.82, 2.24) is 4.90 Å². The normalized spacial score (nSPS) is 16.6. The zero-order valence-electron chi connectivity index (χ0n) is 9.38. The number of hydrogen-bond acceptors (Lipinski definition) is 3. The van der Waals surface area contributed by atoms with Gasteiger partial charge in [0.05, 0.1) is 6.61 Å². The average molecular weight is 188 g/mol. The minimum Gasteiger partial charge on any atom is -0.394 e. The van der Waals surface area contributed by atoms with E-state index < -0.39 is 5.54 Å². The molecule has 3 nitrogen and oxygen atoms in total. The smallest absolute Gasteiger partial charge is 0.0608 e. The molecular formula is C10H24N2O. The van der Waals surface area contributed by atoms with Crippen molar-refractivity contribution in [3.8, 4) is 0 Å². The molecule has 3 N–H and O–H groups in total. The van der Waals surface area contributed by atoms with E-state index in [4.69, 9.17) is 10.8 Å². The molecule has 0 fully saturated rings. The molecule has 0 aromatic heterocycles. The maximum atomic E-state index is 8.93. The zero-order valence-corrected chi connectivity index (χ0v) is 9.38. The van der Waals surface area contributed by atoms with E-state index in [1.54, 1.807) is 0 Å². The summed E-state index contributed by atoms with van der Waals surface area (Å²) in [5.41, 5.74) is 5.40. The van der Waals surface area contributed by atoms with Gasteiger partial charge in [-0.05, 0) is 47.2 Å². The van der Waals surface area contributed by atoms with Crippen molar-refractivity contribution < 1.29 is 5.11 Å². The van der Waals surface area contributed by atoms with Crippen LogP contribution in [0, 0.1) is 0 Å². The van der Waals surface area contributed by atoms with E-state index in [-0.39, 0.29) is 6.61 Å². The number of nitrogens with zero attached hydrogens (tertiary/aromatic N) is 1. The molecule has 1 unspecified atom stereocenters. The molecule has 0 rings (SSSR count). The Bertz CT molecular complexity index is 135. The molecule has 0 bridgehead atoms. The largest absolute Gasteiger partial charge is 0.394 e. The Labute approximate surface area is 81.9 Å². The quantitative estimate of drug-likeness (QED) is 0.649. The predicted molar refractivity (Wildman–Crippen MR) is 56.7 cm³/mol. The van der Waals surface area contributed by atoms with E-state index >= 15 is 0 Å². The van der Waals surface area contributed by atoms with E-state index in [0.717, 1.165) is 19.4 Å². The molecule has 80 valence electrons. The zero-order chi connectivity index (χ0) is 10.5. The first-order valence-electron chi connectivity index (χ1n) is 4.99. The molecule has 0 amide bonds. The summed E-state index contributed by atoms with van der Waals surface area (Å²) >= 11 is 0. The van der Waals surface area contributed by atoms with E-state index in [9.17, 15) is 0 Å². The fourth-order valence-electron chi connectivity index (χ4n) is 1.07. The topological polar surface area (TPSA) is 49.5 Å². The second-order valence-corrected chi connectivity index (χ2v) is 4.49. The highest BCUT2D eigenvalue weighted by atomic mass is 16.3. The molecule has 13 heavy (non-hydrogen) atoms. The molecule has 0 aliphatic heterocycles. The second kappa shape index (κ2) is 5.58. The number of hydrogen-bond donors (Lipinski definition) is 2. The van der Waals surface area contributed by atoms with Crippen molar-refractivity contribution in [1.29, 1.82) is 0 Å². The van der Waals surface area contributed by atoms with Crippen LogP contribution in [-0.4, -0.2) is 41.8 Å². The minimum absolute atomic E-state index is 0.0679. The van der Waals surface area contributed by atoms with Crippen LogP contribution in [0.3, 0.4) is 0 Å². The summed E-state index contributed by atoms with van der Waals surface area (Å²) in [6.45, 7) is 7.35. The lowest BCUT2D eigenvalue weighted by Crippen LogP contribution is -2.41. The molecular weight excluding hydrogens is 164 g/mol. The van der Waals surface area contributed by atoms with Gasteiger partial charge in [-0.3, -0.25) is 0 Å². The van der Waals surface area contributed by atoms with Crippen LogP contribution >= 0.6 is 0 Å². The first-order chi connectivity index (χ1) is 5.89. The third-order valence-corrected chi connectivity index (χ3v) is 2.50. The van der Waals surface area contributed by atoms with Crippen molar-refractivity contribution >= 4 is 0 Å². The van der Waals surface area contributed by atoms with Crippen LogP contribution in [0.15, 0.2) is 0 Å². The van der Waals surface area contributed by atoms with Gasteiger partial charge in [0.25, 0.3) is 0 Å². The highest BCUT2D eigenvalue weighted by Crippen LogP contribution is 2.08. The van der Waals surface area contributed by atoms with Crippen molar-refractivity contribution in [3.05, 3.63) is 0 Å². The molecule has 0 saturated carbocycles. The third kappa shape index (κ3) is 6.02. The molecule has 0 saturated heterocycles. The lowest BCUT2D eigenvalue weighted by Gasteiger charge is -2.25. The number of aliphatic hydroxyl groups is 1. The maximum absolute atomic E-state index is 8.93. The van der Waals surface area contributed by atoms with Crippen LogP contribution < -0.4 is 5.73 Å². The number of aliphatic hydroxyl groups excluding tert-OH is 1. The Morgan fingerprint density at radius 1 is 1.46 bits per heavy atom. The van der Waals surface area contributed by atoms with Gasteiger partial charge in [-0.1, -0.05) is 0 Å². The van der Waals surface area contributed by atoms with Crippen LogP contribution in [0.5, 0.6) is 0 Å².